The first-order valence-electron chi connectivity index (χ1n) is 6.21. The molecule has 0 amide bonds. The van der Waals surface area contributed by atoms with Gasteiger partial charge in [0.2, 0.25) is 0 Å². The van der Waals surface area contributed by atoms with Gasteiger partial charge in [0, 0.05) is 12.0 Å². The van der Waals surface area contributed by atoms with Crippen LogP contribution in [0.15, 0.2) is 0 Å². The van der Waals surface area contributed by atoms with Crippen molar-refractivity contribution in [2.45, 2.75) is 44.2 Å². The number of carbonyl (C=O) groups is 2. The van der Waals surface area contributed by atoms with Crippen LogP contribution in [-0.2, 0) is 9.59 Å². The van der Waals surface area contributed by atoms with E-state index in [1.54, 1.807) is 0 Å². The van der Waals surface area contributed by atoms with E-state index < -0.39 is 5.97 Å². The highest BCUT2D eigenvalue weighted by molar-refractivity contribution is 5.90. The second kappa shape index (κ2) is 3.55. The number of nitrogens with zero attached hydrogens (tertiary/aromatic N) is 1. The molecule has 0 spiro atoms. The molecule has 3 rings (SSSR count). The van der Waals surface area contributed by atoms with E-state index in [1.165, 1.54) is 0 Å². The normalized spacial score (nSPS) is 43.1. The molecule has 0 radical (unpaired) electrons. The minimum atomic E-state index is -0.724. The molecular weight excluding hydrogens is 206 g/mol. The van der Waals surface area contributed by atoms with Crippen LogP contribution < -0.4 is 0 Å². The molecule has 16 heavy (non-hydrogen) atoms. The number of hydrogen-bond donors (Lipinski definition) is 1. The van der Waals surface area contributed by atoms with Crippen molar-refractivity contribution in [1.29, 1.82) is 0 Å². The molecule has 0 bridgehead atoms. The summed E-state index contributed by atoms with van der Waals surface area (Å²) in [6.07, 6.45) is 4.33. The average Bonchev–Trinajstić information content (AvgIpc) is 2.83. The van der Waals surface area contributed by atoms with Crippen LogP contribution >= 0.6 is 0 Å². The fourth-order valence-corrected chi connectivity index (χ4v) is 3.82. The van der Waals surface area contributed by atoms with E-state index in [1.807, 2.05) is 0 Å². The third kappa shape index (κ3) is 1.32. The molecule has 0 aromatic heterocycles. The Balaban J connectivity index is 1.80. The Morgan fingerprint density at radius 1 is 1.31 bits per heavy atom. The van der Waals surface area contributed by atoms with Gasteiger partial charge in [0.05, 0.1) is 12.0 Å². The first kappa shape index (κ1) is 10.3. The second-order valence-corrected chi connectivity index (χ2v) is 5.32. The fourth-order valence-electron chi connectivity index (χ4n) is 3.82. The highest BCUT2D eigenvalue weighted by Crippen LogP contribution is 2.43. The number of hydrogen-bond acceptors (Lipinski definition) is 3. The number of fused-ring (bicyclic) bond motifs is 3. The summed E-state index contributed by atoms with van der Waals surface area (Å²) in [6.45, 7) is 1.04. The lowest BCUT2D eigenvalue weighted by molar-refractivity contribution is -0.143. The SMILES string of the molecule is O=C(O)C1CCC2C(C1)C(=O)C1CCCN12. The molecule has 4 unspecified atom stereocenters. The quantitative estimate of drug-likeness (QED) is 0.717. The Kier molecular flexibility index (Phi) is 2.28. The minimum absolute atomic E-state index is 0.0140. The van der Waals surface area contributed by atoms with Gasteiger partial charge in [-0.15, -0.1) is 0 Å². The molecule has 4 heteroatoms. The van der Waals surface area contributed by atoms with E-state index in [2.05, 4.69) is 4.90 Å². The largest absolute Gasteiger partial charge is 0.481 e. The maximum Gasteiger partial charge on any atom is 0.306 e. The van der Waals surface area contributed by atoms with E-state index in [0.717, 1.165) is 32.2 Å². The molecule has 4 nitrogen and oxygen atoms in total. The molecule has 3 aliphatic rings. The van der Waals surface area contributed by atoms with Crippen LogP contribution in [0.3, 0.4) is 0 Å². The van der Waals surface area contributed by atoms with Gasteiger partial charge in [0.25, 0.3) is 0 Å². The molecule has 2 heterocycles. The Morgan fingerprint density at radius 2 is 2.12 bits per heavy atom. The number of carbonyl (C=O) groups excluding carboxylic acids is 1. The third-order valence-corrected chi connectivity index (χ3v) is 4.58. The molecule has 0 aromatic rings. The molecule has 1 saturated carbocycles. The first-order chi connectivity index (χ1) is 7.68. The monoisotopic (exact) mass is 223 g/mol. The van der Waals surface area contributed by atoms with Crippen molar-refractivity contribution in [3.8, 4) is 0 Å². The van der Waals surface area contributed by atoms with Crippen molar-refractivity contribution in [2.24, 2.45) is 11.8 Å². The molecule has 2 aliphatic heterocycles. The van der Waals surface area contributed by atoms with Crippen molar-refractivity contribution < 1.29 is 14.7 Å². The van der Waals surface area contributed by atoms with Crippen LogP contribution in [0.2, 0.25) is 0 Å². The third-order valence-electron chi connectivity index (χ3n) is 4.58. The van der Waals surface area contributed by atoms with Gasteiger partial charge in [0.15, 0.2) is 5.78 Å². The lowest BCUT2D eigenvalue weighted by Gasteiger charge is -2.32. The number of ketones is 1. The Morgan fingerprint density at radius 3 is 2.88 bits per heavy atom. The topological polar surface area (TPSA) is 57.6 Å². The Bertz CT molecular complexity index is 341. The molecule has 3 fully saturated rings. The maximum atomic E-state index is 12.2. The zero-order chi connectivity index (χ0) is 11.3. The Hall–Kier alpha value is -0.900. The van der Waals surface area contributed by atoms with E-state index in [0.29, 0.717) is 18.2 Å². The fraction of sp³-hybridized carbons (Fsp3) is 0.833. The average molecular weight is 223 g/mol. The van der Waals surface area contributed by atoms with Gasteiger partial charge in [-0.1, -0.05) is 0 Å². The zero-order valence-electron chi connectivity index (χ0n) is 9.26. The standard InChI is InChI=1S/C12H17NO3/c14-11-8-6-7(12(15)16)3-4-9(8)13-5-1-2-10(11)13/h7-10H,1-6H2,(H,15,16). The smallest absolute Gasteiger partial charge is 0.306 e. The lowest BCUT2D eigenvalue weighted by atomic mass is 9.77. The van der Waals surface area contributed by atoms with Crippen molar-refractivity contribution in [2.75, 3.05) is 6.54 Å². The van der Waals surface area contributed by atoms with E-state index in [9.17, 15) is 9.59 Å². The van der Waals surface area contributed by atoms with Crippen LogP contribution in [0.5, 0.6) is 0 Å². The summed E-state index contributed by atoms with van der Waals surface area (Å²) >= 11 is 0. The maximum absolute atomic E-state index is 12.2. The van der Waals surface area contributed by atoms with Crippen molar-refractivity contribution >= 4 is 11.8 Å². The summed E-state index contributed by atoms with van der Waals surface area (Å²) in [4.78, 5) is 25.5. The summed E-state index contributed by atoms with van der Waals surface area (Å²) in [5.41, 5.74) is 0. The van der Waals surface area contributed by atoms with E-state index in [4.69, 9.17) is 5.11 Å². The summed E-state index contributed by atoms with van der Waals surface area (Å²) in [5.74, 6) is -0.669. The predicted octanol–water partition coefficient (Wildman–Crippen LogP) is 0.903. The van der Waals surface area contributed by atoms with Gasteiger partial charge in [-0.2, -0.15) is 0 Å². The highest BCUT2D eigenvalue weighted by Gasteiger charge is 2.52. The molecule has 88 valence electrons. The summed E-state index contributed by atoms with van der Waals surface area (Å²) < 4.78 is 0. The van der Waals surface area contributed by atoms with Crippen LogP contribution in [0.4, 0.5) is 0 Å². The molecule has 4 atom stereocenters. The van der Waals surface area contributed by atoms with Gasteiger partial charge in [-0.05, 0) is 38.6 Å². The highest BCUT2D eigenvalue weighted by atomic mass is 16.4. The summed E-state index contributed by atoms with van der Waals surface area (Å²) in [7, 11) is 0. The van der Waals surface area contributed by atoms with Crippen LogP contribution in [0.25, 0.3) is 0 Å². The number of aliphatic carboxylic acids is 1. The van der Waals surface area contributed by atoms with Gasteiger partial charge in [-0.25, -0.2) is 0 Å². The van der Waals surface area contributed by atoms with Crippen molar-refractivity contribution in [3.63, 3.8) is 0 Å². The molecule has 1 aliphatic carbocycles. The van der Waals surface area contributed by atoms with Crippen molar-refractivity contribution in [1.82, 2.24) is 4.90 Å². The predicted molar refractivity (Wildman–Crippen MR) is 57.0 cm³/mol. The van der Waals surface area contributed by atoms with Gasteiger partial charge < -0.3 is 5.11 Å². The summed E-state index contributed by atoms with van der Waals surface area (Å²) in [5, 5.41) is 9.02. The van der Waals surface area contributed by atoms with Crippen LogP contribution in [0, 0.1) is 11.8 Å². The molecule has 0 aromatic carbocycles. The molecular formula is C12H17NO3. The second-order valence-electron chi connectivity index (χ2n) is 5.32. The number of Topliss-reactive ketones (excluding diaryl/α,β-unsaturated/α-hetero) is 1. The first-order valence-corrected chi connectivity index (χ1v) is 6.21. The van der Waals surface area contributed by atoms with Crippen LogP contribution in [0.1, 0.15) is 32.1 Å². The van der Waals surface area contributed by atoms with Crippen LogP contribution in [-0.4, -0.2) is 40.4 Å². The number of rotatable bonds is 1. The molecule has 1 N–H and O–H groups in total. The molecule has 2 saturated heterocycles. The van der Waals surface area contributed by atoms with Gasteiger partial charge >= 0.3 is 5.97 Å². The van der Waals surface area contributed by atoms with Gasteiger partial charge in [-0.3, -0.25) is 14.5 Å². The number of carboxylic acids is 1. The number of carboxylic acid groups (broad SMARTS) is 1. The minimum Gasteiger partial charge on any atom is -0.481 e. The van der Waals surface area contributed by atoms with E-state index >= 15 is 0 Å². The Labute approximate surface area is 94.6 Å². The van der Waals surface area contributed by atoms with E-state index in [-0.39, 0.29) is 17.9 Å². The zero-order valence-corrected chi connectivity index (χ0v) is 9.26. The van der Waals surface area contributed by atoms with Crippen molar-refractivity contribution in [3.05, 3.63) is 0 Å². The lowest BCUT2D eigenvalue weighted by Crippen LogP contribution is -2.38. The van der Waals surface area contributed by atoms with Gasteiger partial charge in [0.1, 0.15) is 0 Å². The summed E-state index contributed by atoms with van der Waals surface area (Å²) in [6, 6.07) is 0.484.